The number of nitrogens with one attached hydrogen (secondary N) is 2. The van der Waals surface area contributed by atoms with Gasteiger partial charge in [0.15, 0.2) is 6.04 Å². The van der Waals surface area contributed by atoms with Crippen LogP contribution in [-0.2, 0) is 9.59 Å². The third-order valence-corrected chi connectivity index (χ3v) is 4.14. The lowest BCUT2D eigenvalue weighted by Crippen LogP contribution is -2.54. The molecule has 0 radical (unpaired) electrons. The Morgan fingerprint density at radius 1 is 1.00 bits per heavy atom. The lowest BCUT2D eigenvalue weighted by molar-refractivity contribution is -0.140. The molecule has 0 saturated carbocycles. The Labute approximate surface area is 161 Å². The molecule has 9 nitrogen and oxygen atoms in total. The predicted molar refractivity (Wildman–Crippen MR) is 101 cm³/mol. The van der Waals surface area contributed by atoms with Crippen LogP contribution in [0.4, 0.5) is 0 Å². The highest BCUT2D eigenvalue weighted by Crippen LogP contribution is 2.21. The van der Waals surface area contributed by atoms with E-state index in [1.807, 2.05) is 12.1 Å². The Balaban J connectivity index is 2.22. The largest absolute Gasteiger partial charge is 0.411 e. The topological polar surface area (TPSA) is 131 Å². The van der Waals surface area contributed by atoms with Gasteiger partial charge in [-0.25, -0.2) is 5.48 Å². The molecule has 1 unspecified atom stereocenters. The summed E-state index contributed by atoms with van der Waals surface area (Å²) in [5.74, 6) is -2.30. The molecular formula is C19H20N4O5. The lowest BCUT2D eigenvalue weighted by Gasteiger charge is -2.25. The molecule has 9 heteroatoms. The SMILES string of the molecule is CNC(=O)C(C(=O)NO)N(C)C(=O)c1ccc(-c2ccc(C=NO)cc2)cc1. The first-order valence-corrected chi connectivity index (χ1v) is 8.23. The first-order chi connectivity index (χ1) is 13.4. The fourth-order valence-corrected chi connectivity index (χ4v) is 2.62. The van der Waals surface area contributed by atoms with Crippen molar-refractivity contribution < 1.29 is 24.8 Å². The molecule has 1 atom stereocenters. The molecule has 0 aromatic heterocycles. The standard InChI is InChI=1S/C19H20N4O5/c1-20-17(24)16(18(25)22-28)23(2)19(26)15-9-7-14(8-10-15)13-5-3-12(4-6-13)11-21-27/h3-11,16,27-28H,1-2H3,(H,20,24)(H,22,25). The average molecular weight is 384 g/mol. The van der Waals surface area contributed by atoms with Gasteiger partial charge >= 0.3 is 0 Å². The zero-order chi connectivity index (χ0) is 20.7. The normalized spacial score (nSPS) is 11.7. The average Bonchev–Trinajstić information content (AvgIpc) is 2.73. The number of oxime groups is 1. The summed E-state index contributed by atoms with van der Waals surface area (Å²) in [6.45, 7) is 0. The van der Waals surface area contributed by atoms with Crippen molar-refractivity contribution in [3.63, 3.8) is 0 Å². The van der Waals surface area contributed by atoms with Gasteiger partial charge in [0.1, 0.15) is 0 Å². The van der Waals surface area contributed by atoms with Crippen LogP contribution >= 0.6 is 0 Å². The van der Waals surface area contributed by atoms with Gasteiger partial charge in [-0.3, -0.25) is 19.6 Å². The van der Waals surface area contributed by atoms with E-state index in [0.29, 0.717) is 0 Å². The van der Waals surface area contributed by atoms with Gasteiger partial charge in [-0.15, -0.1) is 0 Å². The van der Waals surface area contributed by atoms with Crippen LogP contribution in [0.2, 0.25) is 0 Å². The Kier molecular flexibility index (Phi) is 6.83. The van der Waals surface area contributed by atoms with Crippen molar-refractivity contribution in [1.82, 2.24) is 15.7 Å². The van der Waals surface area contributed by atoms with Crippen LogP contribution in [0.5, 0.6) is 0 Å². The molecule has 2 aromatic carbocycles. The summed E-state index contributed by atoms with van der Waals surface area (Å²) in [6, 6.07) is 12.4. The summed E-state index contributed by atoms with van der Waals surface area (Å²) in [5.41, 5.74) is 4.15. The number of hydroxylamine groups is 1. The molecule has 0 spiro atoms. The molecule has 146 valence electrons. The summed E-state index contributed by atoms with van der Waals surface area (Å²) in [4.78, 5) is 37.2. The third-order valence-electron chi connectivity index (χ3n) is 4.14. The summed E-state index contributed by atoms with van der Waals surface area (Å²) >= 11 is 0. The summed E-state index contributed by atoms with van der Waals surface area (Å²) in [7, 11) is 2.62. The van der Waals surface area contributed by atoms with Crippen molar-refractivity contribution in [2.45, 2.75) is 6.04 Å². The molecule has 0 fully saturated rings. The molecule has 2 rings (SSSR count). The zero-order valence-corrected chi connectivity index (χ0v) is 15.3. The Morgan fingerprint density at radius 3 is 2.00 bits per heavy atom. The van der Waals surface area contributed by atoms with Crippen molar-refractivity contribution in [3.8, 4) is 11.1 Å². The molecule has 3 amide bonds. The van der Waals surface area contributed by atoms with E-state index in [2.05, 4.69) is 10.5 Å². The van der Waals surface area contributed by atoms with Crippen LogP contribution in [0, 0.1) is 0 Å². The van der Waals surface area contributed by atoms with E-state index in [-0.39, 0.29) is 5.56 Å². The molecule has 4 N–H and O–H groups in total. The minimum Gasteiger partial charge on any atom is -0.411 e. The molecule has 0 aliphatic rings. The fraction of sp³-hybridized carbons (Fsp3) is 0.158. The molecule has 0 heterocycles. The van der Waals surface area contributed by atoms with Gasteiger partial charge in [-0.05, 0) is 28.8 Å². The first kappa shape index (κ1) is 20.6. The van der Waals surface area contributed by atoms with E-state index in [1.165, 1.54) is 25.8 Å². The number of benzene rings is 2. The highest BCUT2D eigenvalue weighted by Gasteiger charge is 2.33. The van der Waals surface area contributed by atoms with E-state index >= 15 is 0 Å². The number of rotatable bonds is 6. The van der Waals surface area contributed by atoms with Crippen molar-refractivity contribution >= 4 is 23.9 Å². The molecule has 2 aromatic rings. The maximum absolute atomic E-state index is 12.6. The maximum Gasteiger partial charge on any atom is 0.275 e. The van der Waals surface area contributed by atoms with Gasteiger partial charge in [-0.2, -0.15) is 0 Å². The third kappa shape index (κ3) is 4.51. The van der Waals surface area contributed by atoms with Crippen LogP contribution in [0.3, 0.4) is 0 Å². The van der Waals surface area contributed by atoms with Crippen LogP contribution < -0.4 is 10.8 Å². The number of likely N-dealkylation sites (N-methyl/N-ethyl adjacent to an activating group) is 2. The smallest absolute Gasteiger partial charge is 0.275 e. The summed E-state index contributed by atoms with van der Waals surface area (Å²) in [6.07, 6.45) is 1.31. The van der Waals surface area contributed by atoms with E-state index in [4.69, 9.17) is 10.4 Å². The number of carbonyl (C=O) groups is 3. The summed E-state index contributed by atoms with van der Waals surface area (Å²) in [5, 5.41) is 22.6. The van der Waals surface area contributed by atoms with Crippen LogP contribution in [0.25, 0.3) is 11.1 Å². The lowest BCUT2D eigenvalue weighted by atomic mass is 10.0. The minimum atomic E-state index is -1.51. The quantitative estimate of drug-likeness (QED) is 0.193. The van der Waals surface area contributed by atoms with Crippen molar-refractivity contribution in [2.24, 2.45) is 5.16 Å². The van der Waals surface area contributed by atoms with Crippen molar-refractivity contribution in [1.29, 1.82) is 0 Å². The van der Waals surface area contributed by atoms with E-state index in [1.54, 1.807) is 36.4 Å². The van der Waals surface area contributed by atoms with Crippen molar-refractivity contribution in [3.05, 3.63) is 59.7 Å². The molecule has 0 bridgehead atoms. The number of hydrogen-bond acceptors (Lipinski definition) is 6. The van der Waals surface area contributed by atoms with Crippen LogP contribution in [0.1, 0.15) is 15.9 Å². The van der Waals surface area contributed by atoms with Crippen LogP contribution in [-0.4, -0.2) is 59.4 Å². The monoisotopic (exact) mass is 384 g/mol. The number of nitrogens with zero attached hydrogens (tertiary/aromatic N) is 2. The van der Waals surface area contributed by atoms with E-state index in [9.17, 15) is 14.4 Å². The van der Waals surface area contributed by atoms with Gasteiger partial charge < -0.3 is 15.4 Å². The second kappa shape index (κ2) is 9.28. The highest BCUT2D eigenvalue weighted by atomic mass is 16.5. The molecule has 0 saturated heterocycles. The Morgan fingerprint density at radius 2 is 1.54 bits per heavy atom. The van der Waals surface area contributed by atoms with E-state index in [0.717, 1.165) is 21.6 Å². The van der Waals surface area contributed by atoms with Gasteiger partial charge in [-0.1, -0.05) is 41.6 Å². The minimum absolute atomic E-state index is 0.273. The fourth-order valence-electron chi connectivity index (χ4n) is 2.62. The van der Waals surface area contributed by atoms with Gasteiger partial charge in [0.25, 0.3) is 17.7 Å². The Bertz CT molecular complexity index is 862. The molecule has 0 aliphatic heterocycles. The highest BCUT2D eigenvalue weighted by molar-refractivity contribution is 6.08. The Hall–Kier alpha value is -3.72. The molecule has 0 aliphatic carbocycles. The molecule has 28 heavy (non-hydrogen) atoms. The van der Waals surface area contributed by atoms with Crippen LogP contribution in [0.15, 0.2) is 53.7 Å². The molecular weight excluding hydrogens is 364 g/mol. The number of hydrogen-bond donors (Lipinski definition) is 4. The predicted octanol–water partition coefficient (Wildman–Crippen LogP) is 0.854. The summed E-state index contributed by atoms with van der Waals surface area (Å²) < 4.78 is 0. The van der Waals surface area contributed by atoms with Gasteiger partial charge in [0.05, 0.1) is 6.21 Å². The second-order valence-corrected chi connectivity index (χ2v) is 5.85. The number of amides is 3. The first-order valence-electron chi connectivity index (χ1n) is 8.23. The number of carbonyl (C=O) groups excluding carboxylic acids is 3. The van der Waals surface area contributed by atoms with Gasteiger partial charge in [0.2, 0.25) is 0 Å². The van der Waals surface area contributed by atoms with E-state index < -0.39 is 23.8 Å². The second-order valence-electron chi connectivity index (χ2n) is 5.85. The van der Waals surface area contributed by atoms with Gasteiger partial charge in [0, 0.05) is 19.7 Å². The maximum atomic E-state index is 12.6. The van der Waals surface area contributed by atoms with Crippen molar-refractivity contribution in [2.75, 3.05) is 14.1 Å². The zero-order valence-electron chi connectivity index (χ0n) is 15.3.